The van der Waals surface area contributed by atoms with E-state index in [0.29, 0.717) is 40.0 Å². The highest BCUT2D eigenvalue weighted by Crippen LogP contribution is 2.42. The Balaban J connectivity index is 1.81. The summed E-state index contributed by atoms with van der Waals surface area (Å²) < 4.78 is 14.6. The van der Waals surface area contributed by atoms with Gasteiger partial charge in [-0.1, -0.05) is 53.5 Å². The van der Waals surface area contributed by atoms with Crippen LogP contribution in [0, 0.1) is 5.92 Å². The molecule has 1 aliphatic heterocycles. The molecular formula is C28H31Cl2N6O2P. The number of carbonyl (C=O) groups is 1. The summed E-state index contributed by atoms with van der Waals surface area (Å²) >= 11 is 12.9. The van der Waals surface area contributed by atoms with Crippen LogP contribution in [0.2, 0.25) is 10.0 Å². The number of aromatic nitrogens is 3. The largest absolute Gasteiger partial charge is 0.369 e. The summed E-state index contributed by atoms with van der Waals surface area (Å²) in [7, 11) is -0.499. The van der Waals surface area contributed by atoms with E-state index in [0.717, 1.165) is 41.9 Å². The Kier molecular flexibility index (Phi) is 7.64. The second-order valence-electron chi connectivity index (χ2n) is 10.5. The molecule has 0 radical (unpaired) electrons. The molecule has 1 atom stereocenters. The Hall–Kier alpha value is -3.06. The van der Waals surface area contributed by atoms with Crippen LogP contribution in [0.4, 0.5) is 11.6 Å². The minimum Gasteiger partial charge on any atom is -0.369 e. The molecule has 1 fully saturated rings. The SMILES string of the molecule is CN(CP(C)(C)=O)c1cc(N2CCC[C@@H](C(N)=O)C2)n2nc(-c3ccccc3Cl)c(-c3ccc(Cl)cc3)c2n1. The van der Waals surface area contributed by atoms with Crippen LogP contribution in [0.15, 0.2) is 54.6 Å². The number of piperidine rings is 1. The van der Waals surface area contributed by atoms with Crippen molar-refractivity contribution >= 4 is 53.5 Å². The van der Waals surface area contributed by atoms with E-state index in [1.54, 1.807) is 13.3 Å². The van der Waals surface area contributed by atoms with Crippen LogP contribution in [-0.4, -0.2) is 60.3 Å². The lowest BCUT2D eigenvalue weighted by atomic mass is 9.97. The molecule has 11 heteroatoms. The molecule has 2 aromatic heterocycles. The van der Waals surface area contributed by atoms with Crippen molar-refractivity contribution in [1.29, 1.82) is 0 Å². The quantitative estimate of drug-likeness (QED) is 0.264. The van der Waals surface area contributed by atoms with Crippen molar-refractivity contribution in [3.8, 4) is 22.4 Å². The van der Waals surface area contributed by atoms with Crippen molar-refractivity contribution in [1.82, 2.24) is 14.6 Å². The van der Waals surface area contributed by atoms with Gasteiger partial charge in [0.15, 0.2) is 5.65 Å². The number of nitrogens with two attached hydrogens (primary N) is 1. The second-order valence-corrected chi connectivity index (χ2v) is 14.8. The molecule has 0 unspecified atom stereocenters. The molecule has 8 nitrogen and oxygen atoms in total. The highest BCUT2D eigenvalue weighted by molar-refractivity contribution is 7.62. The van der Waals surface area contributed by atoms with E-state index in [2.05, 4.69) is 4.90 Å². The zero-order chi connectivity index (χ0) is 27.9. The normalized spacial score (nSPS) is 16.0. The molecule has 0 aliphatic carbocycles. The topological polar surface area (TPSA) is 96.8 Å². The van der Waals surface area contributed by atoms with Gasteiger partial charge in [-0.25, -0.2) is 4.98 Å². The standard InChI is InChI=1S/C28H31Cl2N6O2P/c1-34(17-39(2,3)38)23-15-24(35-14-6-7-19(16-35)27(31)37)36-28(32-23)25(18-10-12-20(29)13-11-18)26(33-36)21-8-4-5-9-22(21)30/h4-5,8-13,15,19H,6-7,14,16-17H2,1-3H3,(H2,31,37)/t19-/m1/s1. The van der Waals surface area contributed by atoms with Gasteiger partial charge in [-0.05, 0) is 49.9 Å². The van der Waals surface area contributed by atoms with Gasteiger partial charge in [-0.15, -0.1) is 0 Å². The van der Waals surface area contributed by atoms with E-state index in [4.69, 9.17) is 39.0 Å². The molecule has 0 saturated carbocycles. The second kappa shape index (κ2) is 10.8. The summed E-state index contributed by atoms with van der Waals surface area (Å²) in [6.07, 6.45) is 1.94. The van der Waals surface area contributed by atoms with Gasteiger partial charge in [0.2, 0.25) is 5.91 Å². The first-order valence-corrected chi connectivity index (χ1v) is 16.3. The molecule has 0 spiro atoms. The van der Waals surface area contributed by atoms with Crippen molar-refractivity contribution in [2.75, 3.05) is 49.6 Å². The number of rotatable bonds is 7. The molecule has 0 bridgehead atoms. The van der Waals surface area contributed by atoms with Gasteiger partial charge < -0.3 is 20.1 Å². The van der Waals surface area contributed by atoms with Gasteiger partial charge >= 0.3 is 0 Å². The Labute approximate surface area is 238 Å². The van der Waals surface area contributed by atoms with E-state index < -0.39 is 7.14 Å². The van der Waals surface area contributed by atoms with Crippen molar-refractivity contribution in [2.24, 2.45) is 11.7 Å². The van der Waals surface area contributed by atoms with Gasteiger partial charge in [0.25, 0.3) is 0 Å². The molecule has 1 amide bonds. The van der Waals surface area contributed by atoms with E-state index in [-0.39, 0.29) is 11.8 Å². The first-order valence-electron chi connectivity index (χ1n) is 12.8. The van der Waals surface area contributed by atoms with E-state index in [9.17, 15) is 9.36 Å². The number of hydrogen-bond donors (Lipinski definition) is 1. The third-order valence-corrected chi connectivity index (χ3v) is 8.60. The molecule has 204 valence electrons. The van der Waals surface area contributed by atoms with Crippen molar-refractivity contribution in [3.05, 3.63) is 64.6 Å². The average Bonchev–Trinajstić information content (AvgIpc) is 3.27. The lowest BCUT2D eigenvalue weighted by molar-refractivity contribution is -0.122. The van der Waals surface area contributed by atoms with Crippen LogP contribution in [0.5, 0.6) is 0 Å². The van der Waals surface area contributed by atoms with Crippen LogP contribution >= 0.6 is 30.3 Å². The summed E-state index contributed by atoms with van der Waals surface area (Å²) in [6.45, 7) is 4.75. The summed E-state index contributed by atoms with van der Waals surface area (Å²) in [6, 6.07) is 17.1. The Morgan fingerprint density at radius 1 is 1.15 bits per heavy atom. The Morgan fingerprint density at radius 3 is 2.54 bits per heavy atom. The summed E-state index contributed by atoms with van der Waals surface area (Å²) in [5.41, 5.74) is 9.47. The molecule has 2 aromatic carbocycles. The first-order chi connectivity index (χ1) is 18.5. The molecule has 5 rings (SSSR count). The highest BCUT2D eigenvalue weighted by atomic mass is 35.5. The van der Waals surface area contributed by atoms with Gasteiger partial charge in [-0.3, -0.25) is 4.79 Å². The smallest absolute Gasteiger partial charge is 0.222 e. The minimum absolute atomic E-state index is 0.260. The monoisotopic (exact) mass is 584 g/mol. The predicted octanol–water partition coefficient (Wildman–Crippen LogP) is 6.09. The molecule has 4 aromatic rings. The van der Waals surface area contributed by atoms with Crippen LogP contribution in [0.25, 0.3) is 28.0 Å². The number of amides is 1. The zero-order valence-corrected chi connectivity index (χ0v) is 24.5. The van der Waals surface area contributed by atoms with Crippen molar-refractivity contribution in [3.63, 3.8) is 0 Å². The zero-order valence-electron chi connectivity index (χ0n) is 22.1. The molecule has 2 N–H and O–H groups in total. The van der Waals surface area contributed by atoms with E-state index in [1.165, 1.54) is 0 Å². The maximum absolute atomic E-state index is 12.7. The van der Waals surface area contributed by atoms with Gasteiger partial charge in [0.1, 0.15) is 24.5 Å². The Bertz CT molecular complexity index is 1580. The fourth-order valence-corrected chi connectivity index (χ4v) is 6.65. The number of nitrogens with zero attached hydrogens (tertiary/aromatic N) is 5. The maximum Gasteiger partial charge on any atom is 0.222 e. The van der Waals surface area contributed by atoms with E-state index in [1.807, 2.05) is 71.1 Å². The van der Waals surface area contributed by atoms with E-state index >= 15 is 0 Å². The highest BCUT2D eigenvalue weighted by Gasteiger charge is 2.29. The summed E-state index contributed by atoms with van der Waals surface area (Å²) in [5.74, 6) is 0.870. The lowest BCUT2D eigenvalue weighted by Gasteiger charge is -2.33. The molecule has 39 heavy (non-hydrogen) atoms. The third-order valence-electron chi connectivity index (χ3n) is 6.91. The van der Waals surface area contributed by atoms with Crippen LogP contribution in [-0.2, 0) is 9.36 Å². The number of primary amides is 1. The fourth-order valence-electron chi connectivity index (χ4n) is 5.14. The first kappa shape index (κ1) is 27.5. The van der Waals surface area contributed by atoms with Crippen molar-refractivity contribution in [2.45, 2.75) is 12.8 Å². The molecule has 3 heterocycles. The molecule has 1 saturated heterocycles. The van der Waals surface area contributed by atoms with Gasteiger partial charge in [0.05, 0.1) is 22.8 Å². The van der Waals surface area contributed by atoms with Gasteiger partial charge in [0, 0.05) is 36.8 Å². The average molecular weight is 585 g/mol. The summed E-state index contributed by atoms with van der Waals surface area (Å²) in [4.78, 5) is 21.2. The predicted molar refractivity (Wildman–Crippen MR) is 161 cm³/mol. The number of benzene rings is 2. The van der Waals surface area contributed by atoms with Crippen LogP contribution in [0.1, 0.15) is 12.8 Å². The number of anilines is 2. The molecular weight excluding hydrogens is 554 g/mol. The molecule has 1 aliphatic rings. The number of hydrogen-bond acceptors (Lipinski definition) is 6. The summed E-state index contributed by atoms with van der Waals surface area (Å²) in [5, 5.41) is 6.26. The Morgan fingerprint density at radius 2 is 1.87 bits per heavy atom. The number of carbonyl (C=O) groups excluding carboxylic acids is 1. The number of fused-ring (bicyclic) bond motifs is 1. The lowest BCUT2D eigenvalue weighted by Crippen LogP contribution is -2.42. The maximum atomic E-state index is 12.7. The number of halogens is 2. The van der Waals surface area contributed by atoms with Crippen molar-refractivity contribution < 1.29 is 9.36 Å². The minimum atomic E-state index is -2.39. The van der Waals surface area contributed by atoms with Crippen LogP contribution in [0.3, 0.4) is 0 Å². The third kappa shape index (κ3) is 5.79. The van der Waals surface area contributed by atoms with Gasteiger partial charge in [-0.2, -0.15) is 9.61 Å². The van der Waals surface area contributed by atoms with Crippen LogP contribution < -0.4 is 15.5 Å². The fraction of sp³-hybridized carbons (Fsp3) is 0.321.